The lowest BCUT2D eigenvalue weighted by molar-refractivity contribution is -0.131. The first-order chi connectivity index (χ1) is 10.1. The molecule has 0 aromatic carbocycles. The highest BCUT2D eigenvalue weighted by Gasteiger charge is 2.29. The third-order valence-corrected chi connectivity index (χ3v) is 3.76. The third-order valence-electron chi connectivity index (χ3n) is 3.76. The molecule has 6 nitrogen and oxygen atoms in total. The molecule has 110 valence electrons. The summed E-state index contributed by atoms with van der Waals surface area (Å²) in [6, 6.07) is 3.79. The third kappa shape index (κ3) is 3.09. The maximum Gasteiger partial charge on any atom is 0.244 e. The van der Waals surface area contributed by atoms with Crippen molar-refractivity contribution in [3.8, 4) is 0 Å². The van der Waals surface area contributed by atoms with E-state index < -0.39 is 0 Å². The summed E-state index contributed by atoms with van der Waals surface area (Å²) in [4.78, 5) is 23.2. The van der Waals surface area contributed by atoms with E-state index >= 15 is 0 Å². The zero-order chi connectivity index (χ0) is 14.8. The van der Waals surface area contributed by atoms with Crippen molar-refractivity contribution in [1.29, 1.82) is 0 Å². The Balaban J connectivity index is 1.66. The van der Waals surface area contributed by atoms with Crippen LogP contribution in [-0.2, 0) is 11.3 Å². The minimum absolute atomic E-state index is 0.102. The SMILES string of the molecule is Cc1cc(C)nc([C@H]2CCN(C(=O)Cn3cccn3)C2)n1. The number of carbonyl (C=O) groups excluding carboxylic acids is 1. The van der Waals surface area contributed by atoms with Crippen LogP contribution in [0, 0.1) is 13.8 Å². The van der Waals surface area contributed by atoms with Crippen molar-refractivity contribution >= 4 is 5.91 Å². The van der Waals surface area contributed by atoms with Gasteiger partial charge >= 0.3 is 0 Å². The van der Waals surface area contributed by atoms with Crippen LogP contribution in [0.2, 0.25) is 0 Å². The normalized spacial score (nSPS) is 18.2. The Hall–Kier alpha value is -2.24. The van der Waals surface area contributed by atoms with E-state index in [9.17, 15) is 4.79 Å². The molecule has 1 atom stereocenters. The number of likely N-dealkylation sites (tertiary alicyclic amines) is 1. The maximum absolute atomic E-state index is 12.2. The van der Waals surface area contributed by atoms with Gasteiger partial charge in [-0.2, -0.15) is 5.10 Å². The average Bonchev–Trinajstić information content (AvgIpc) is 3.08. The van der Waals surface area contributed by atoms with Crippen molar-refractivity contribution in [2.75, 3.05) is 13.1 Å². The van der Waals surface area contributed by atoms with Crippen LogP contribution >= 0.6 is 0 Å². The quantitative estimate of drug-likeness (QED) is 0.853. The summed E-state index contributed by atoms with van der Waals surface area (Å²) in [6.07, 6.45) is 4.41. The van der Waals surface area contributed by atoms with Crippen LogP contribution in [0.5, 0.6) is 0 Å². The number of carbonyl (C=O) groups is 1. The van der Waals surface area contributed by atoms with Gasteiger partial charge in [0.25, 0.3) is 0 Å². The van der Waals surface area contributed by atoms with E-state index in [-0.39, 0.29) is 11.8 Å². The standard InChI is InChI=1S/C15H19N5O/c1-11-8-12(2)18-15(17-11)13-4-7-19(9-13)14(21)10-20-6-3-5-16-20/h3,5-6,8,13H,4,7,9-10H2,1-2H3/t13-/m0/s1. The van der Waals surface area contributed by atoms with E-state index in [2.05, 4.69) is 15.1 Å². The van der Waals surface area contributed by atoms with Crippen LogP contribution in [0.15, 0.2) is 24.5 Å². The number of rotatable bonds is 3. The fourth-order valence-corrected chi connectivity index (χ4v) is 2.77. The van der Waals surface area contributed by atoms with Gasteiger partial charge in [0.15, 0.2) is 0 Å². The van der Waals surface area contributed by atoms with Crippen molar-refractivity contribution in [2.45, 2.75) is 32.7 Å². The Bertz CT molecular complexity index is 617. The highest BCUT2D eigenvalue weighted by molar-refractivity contribution is 5.76. The van der Waals surface area contributed by atoms with E-state index in [0.29, 0.717) is 13.1 Å². The van der Waals surface area contributed by atoms with E-state index in [1.165, 1.54) is 0 Å². The molecular weight excluding hydrogens is 266 g/mol. The molecule has 1 aliphatic rings. The molecule has 2 aromatic rings. The largest absolute Gasteiger partial charge is 0.340 e. The number of aromatic nitrogens is 4. The van der Waals surface area contributed by atoms with Gasteiger partial charge in [-0.15, -0.1) is 0 Å². The molecule has 0 aliphatic carbocycles. The smallest absolute Gasteiger partial charge is 0.244 e. The highest BCUT2D eigenvalue weighted by Crippen LogP contribution is 2.25. The summed E-state index contributed by atoms with van der Waals surface area (Å²) in [6.45, 7) is 5.72. The molecule has 3 heterocycles. The number of nitrogens with zero attached hydrogens (tertiary/aromatic N) is 5. The lowest BCUT2D eigenvalue weighted by Crippen LogP contribution is -2.32. The van der Waals surface area contributed by atoms with E-state index in [1.54, 1.807) is 17.1 Å². The fraction of sp³-hybridized carbons (Fsp3) is 0.467. The highest BCUT2D eigenvalue weighted by atomic mass is 16.2. The minimum atomic E-state index is 0.102. The van der Waals surface area contributed by atoms with Gasteiger partial charge in [-0.3, -0.25) is 9.48 Å². The van der Waals surface area contributed by atoms with Crippen molar-refractivity contribution < 1.29 is 4.79 Å². The first-order valence-electron chi connectivity index (χ1n) is 7.19. The average molecular weight is 285 g/mol. The first kappa shape index (κ1) is 13.7. The van der Waals surface area contributed by atoms with Gasteiger partial charge in [-0.25, -0.2) is 9.97 Å². The molecule has 3 rings (SSSR count). The van der Waals surface area contributed by atoms with Crippen LogP contribution in [0.4, 0.5) is 0 Å². The molecule has 1 aliphatic heterocycles. The molecule has 0 radical (unpaired) electrons. The van der Waals surface area contributed by atoms with Gasteiger partial charge in [-0.1, -0.05) is 0 Å². The molecule has 6 heteroatoms. The molecule has 0 bridgehead atoms. The molecule has 1 saturated heterocycles. The molecule has 0 saturated carbocycles. The fourth-order valence-electron chi connectivity index (χ4n) is 2.77. The second kappa shape index (κ2) is 5.63. The van der Waals surface area contributed by atoms with Crippen LogP contribution in [0.1, 0.15) is 29.6 Å². The van der Waals surface area contributed by atoms with Crippen molar-refractivity contribution in [3.63, 3.8) is 0 Å². The number of hydrogen-bond donors (Lipinski definition) is 0. The number of amides is 1. The zero-order valence-corrected chi connectivity index (χ0v) is 12.4. The Kier molecular flexibility index (Phi) is 3.68. The first-order valence-corrected chi connectivity index (χ1v) is 7.19. The summed E-state index contributed by atoms with van der Waals surface area (Å²) in [5.41, 5.74) is 1.97. The Morgan fingerprint density at radius 3 is 2.76 bits per heavy atom. The number of hydrogen-bond acceptors (Lipinski definition) is 4. The predicted octanol–water partition coefficient (Wildman–Crippen LogP) is 1.31. The van der Waals surface area contributed by atoms with Gasteiger partial charge in [0.2, 0.25) is 5.91 Å². The Morgan fingerprint density at radius 2 is 2.10 bits per heavy atom. The van der Waals surface area contributed by atoms with Crippen LogP contribution in [0.3, 0.4) is 0 Å². The van der Waals surface area contributed by atoms with Crippen molar-refractivity contribution in [1.82, 2.24) is 24.6 Å². The summed E-state index contributed by atoms with van der Waals surface area (Å²) in [5.74, 6) is 1.21. The van der Waals surface area contributed by atoms with Crippen molar-refractivity contribution in [3.05, 3.63) is 41.7 Å². The van der Waals surface area contributed by atoms with Crippen LogP contribution < -0.4 is 0 Å². The number of aryl methyl sites for hydroxylation is 2. The topological polar surface area (TPSA) is 63.9 Å². The summed E-state index contributed by atoms with van der Waals surface area (Å²) < 4.78 is 1.66. The summed E-state index contributed by atoms with van der Waals surface area (Å²) in [5, 5.41) is 4.07. The van der Waals surface area contributed by atoms with Gasteiger partial charge in [-0.05, 0) is 32.4 Å². The second-order valence-corrected chi connectivity index (χ2v) is 5.54. The molecule has 1 amide bonds. The molecule has 1 fully saturated rings. The lowest BCUT2D eigenvalue weighted by Gasteiger charge is -2.16. The molecule has 21 heavy (non-hydrogen) atoms. The van der Waals surface area contributed by atoms with Gasteiger partial charge in [0, 0.05) is 42.8 Å². The Labute approximate surface area is 123 Å². The second-order valence-electron chi connectivity index (χ2n) is 5.54. The maximum atomic E-state index is 12.2. The van der Waals surface area contributed by atoms with Crippen molar-refractivity contribution in [2.24, 2.45) is 0 Å². The van der Waals surface area contributed by atoms with Crippen LogP contribution in [0.25, 0.3) is 0 Å². The monoisotopic (exact) mass is 285 g/mol. The van der Waals surface area contributed by atoms with E-state index in [0.717, 1.165) is 30.2 Å². The molecule has 2 aromatic heterocycles. The van der Waals surface area contributed by atoms with E-state index in [4.69, 9.17) is 0 Å². The minimum Gasteiger partial charge on any atom is -0.340 e. The lowest BCUT2D eigenvalue weighted by atomic mass is 10.1. The Morgan fingerprint density at radius 1 is 1.33 bits per heavy atom. The predicted molar refractivity (Wildman–Crippen MR) is 77.7 cm³/mol. The summed E-state index contributed by atoms with van der Waals surface area (Å²) in [7, 11) is 0. The van der Waals surface area contributed by atoms with Gasteiger partial charge in [0.05, 0.1) is 0 Å². The summed E-state index contributed by atoms with van der Waals surface area (Å²) >= 11 is 0. The molecule has 0 unspecified atom stereocenters. The van der Waals surface area contributed by atoms with Crippen LogP contribution in [-0.4, -0.2) is 43.6 Å². The molecule has 0 N–H and O–H groups in total. The van der Waals surface area contributed by atoms with E-state index in [1.807, 2.05) is 30.9 Å². The van der Waals surface area contributed by atoms with Gasteiger partial charge < -0.3 is 4.90 Å². The zero-order valence-electron chi connectivity index (χ0n) is 12.4. The molecular formula is C15H19N5O. The molecule has 0 spiro atoms. The van der Waals surface area contributed by atoms with Gasteiger partial charge in [0.1, 0.15) is 12.4 Å².